The van der Waals surface area contributed by atoms with Gasteiger partial charge in [0.2, 0.25) is 10.0 Å². The largest absolute Gasteiger partial charge is 0.399 e. The van der Waals surface area contributed by atoms with E-state index in [0.717, 1.165) is 11.3 Å². The van der Waals surface area contributed by atoms with Crippen LogP contribution in [0, 0.1) is 6.92 Å². The third-order valence-electron chi connectivity index (χ3n) is 3.03. The molecule has 1 aromatic rings. The molecule has 0 spiro atoms. The van der Waals surface area contributed by atoms with Crippen LogP contribution in [0.1, 0.15) is 12.5 Å². The molecule has 1 aliphatic heterocycles. The fraction of sp³-hybridized carbons (Fsp3) is 0.500. The van der Waals surface area contributed by atoms with Gasteiger partial charge in [0.25, 0.3) is 0 Å². The SMILES string of the molecule is Cc1ccc(N)cc1S(=O)(=O)N1CCSC(C)C1. The third kappa shape index (κ3) is 2.65. The van der Waals surface area contributed by atoms with Crippen molar-refractivity contribution >= 4 is 27.5 Å². The van der Waals surface area contributed by atoms with Gasteiger partial charge in [-0.2, -0.15) is 16.1 Å². The van der Waals surface area contributed by atoms with Gasteiger partial charge in [-0.1, -0.05) is 13.0 Å². The van der Waals surface area contributed by atoms with Crippen molar-refractivity contribution < 1.29 is 8.42 Å². The number of sulfonamides is 1. The number of anilines is 1. The molecule has 1 saturated heterocycles. The van der Waals surface area contributed by atoms with Gasteiger partial charge in [0.15, 0.2) is 0 Å². The van der Waals surface area contributed by atoms with Gasteiger partial charge in [0.05, 0.1) is 4.90 Å². The number of rotatable bonds is 2. The van der Waals surface area contributed by atoms with Gasteiger partial charge in [-0.15, -0.1) is 0 Å². The summed E-state index contributed by atoms with van der Waals surface area (Å²) in [7, 11) is -3.41. The predicted molar refractivity (Wildman–Crippen MR) is 76.3 cm³/mol. The Labute approximate surface area is 113 Å². The first-order valence-corrected chi connectivity index (χ1v) is 8.38. The van der Waals surface area contributed by atoms with Gasteiger partial charge in [0.1, 0.15) is 0 Å². The molecule has 0 radical (unpaired) electrons. The summed E-state index contributed by atoms with van der Waals surface area (Å²) in [5, 5.41) is 0.342. The zero-order chi connectivity index (χ0) is 13.3. The molecule has 6 heteroatoms. The zero-order valence-electron chi connectivity index (χ0n) is 10.6. The second-order valence-electron chi connectivity index (χ2n) is 4.57. The van der Waals surface area contributed by atoms with E-state index in [0.29, 0.717) is 28.9 Å². The molecule has 2 rings (SSSR count). The van der Waals surface area contributed by atoms with E-state index in [-0.39, 0.29) is 0 Å². The highest BCUT2D eigenvalue weighted by molar-refractivity contribution is 8.00. The van der Waals surface area contributed by atoms with Crippen molar-refractivity contribution in [3.8, 4) is 0 Å². The van der Waals surface area contributed by atoms with Crippen molar-refractivity contribution in [1.29, 1.82) is 0 Å². The van der Waals surface area contributed by atoms with Crippen LogP contribution in [0.3, 0.4) is 0 Å². The molecular formula is C12H18N2O2S2. The van der Waals surface area contributed by atoms with Gasteiger partial charge in [-0.05, 0) is 24.6 Å². The summed E-state index contributed by atoms with van der Waals surface area (Å²) in [5.41, 5.74) is 6.92. The zero-order valence-corrected chi connectivity index (χ0v) is 12.2. The van der Waals surface area contributed by atoms with Gasteiger partial charge in [0, 0.05) is 29.8 Å². The molecule has 1 heterocycles. The van der Waals surface area contributed by atoms with Crippen LogP contribution in [-0.4, -0.2) is 36.8 Å². The van der Waals surface area contributed by atoms with Crippen LogP contribution in [0.2, 0.25) is 0 Å². The highest BCUT2D eigenvalue weighted by atomic mass is 32.2. The summed E-state index contributed by atoms with van der Waals surface area (Å²) in [4.78, 5) is 0.335. The highest BCUT2D eigenvalue weighted by Crippen LogP contribution is 2.27. The monoisotopic (exact) mass is 286 g/mol. The minimum atomic E-state index is -3.41. The second-order valence-corrected chi connectivity index (χ2v) is 8.02. The average Bonchev–Trinajstić information content (AvgIpc) is 2.32. The topological polar surface area (TPSA) is 63.4 Å². The molecule has 1 aromatic carbocycles. The summed E-state index contributed by atoms with van der Waals surface area (Å²) < 4.78 is 26.7. The summed E-state index contributed by atoms with van der Waals surface area (Å²) >= 11 is 1.81. The Bertz CT molecular complexity index is 543. The molecule has 18 heavy (non-hydrogen) atoms. The Morgan fingerprint density at radius 2 is 2.17 bits per heavy atom. The summed E-state index contributed by atoms with van der Waals surface area (Å²) in [6, 6.07) is 5.03. The minimum Gasteiger partial charge on any atom is -0.399 e. The van der Waals surface area contributed by atoms with Crippen LogP contribution in [-0.2, 0) is 10.0 Å². The maximum Gasteiger partial charge on any atom is 0.243 e. The van der Waals surface area contributed by atoms with Crippen molar-refractivity contribution in [3.63, 3.8) is 0 Å². The molecule has 100 valence electrons. The van der Waals surface area contributed by atoms with Crippen molar-refractivity contribution in [2.45, 2.75) is 24.0 Å². The Balaban J connectivity index is 2.38. The number of hydrogen-bond donors (Lipinski definition) is 1. The number of thioether (sulfide) groups is 1. The molecule has 1 atom stereocenters. The standard InChI is InChI=1S/C12H18N2O2S2/c1-9-3-4-11(13)7-12(9)18(15,16)14-5-6-17-10(2)8-14/h3-4,7,10H,5-6,8,13H2,1-2H3. The fourth-order valence-electron chi connectivity index (χ4n) is 2.04. The predicted octanol–water partition coefficient (Wildman–Crippen LogP) is 1.70. The molecule has 1 fully saturated rings. The van der Waals surface area contributed by atoms with Crippen LogP contribution in [0.5, 0.6) is 0 Å². The van der Waals surface area contributed by atoms with E-state index in [1.807, 2.05) is 11.8 Å². The molecule has 1 unspecified atom stereocenters. The van der Waals surface area contributed by atoms with Gasteiger partial charge in [-0.25, -0.2) is 8.42 Å². The van der Waals surface area contributed by atoms with Crippen molar-refractivity contribution in [2.75, 3.05) is 24.6 Å². The van der Waals surface area contributed by atoms with Crippen LogP contribution in [0.15, 0.2) is 23.1 Å². The number of nitrogen functional groups attached to an aromatic ring is 1. The highest BCUT2D eigenvalue weighted by Gasteiger charge is 2.30. The second kappa shape index (κ2) is 5.11. The average molecular weight is 286 g/mol. The van der Waals surface area contributed by atoms with E-state index in [1.54, 1.807) is 29.4 Å². The van der Waals surface area contributed by atoms with Crippen LogP contribution >= 0.6 is 11.8 Å². The summed E-state index contributed by atoms with van der Waals surface area (Å²) in [6.07, 6.45) is 0. The Morgan fingerprint density at radius 3 is 2.83 bits per heavy atom. The van der Waals surface area contributed by atoms with Crippen molar-refractivity contribution in [2.24, 2.45) is 0 Å². The van der Waals surface area contributed by atoms with E-state index >= 15 is 0 Å². The van der Waals surface area contributed by atoms with Gasteiger partial charge >= 0.3 is 0 Å². The lowest BCUT2D eigenvalue weighted by atomic mass is 10.2. The maximum atomic E-state index is 12.6. The van der Waals surface area contributed by atoms with Crippen molar-refractivity contribution in [1.82, 2.24) is 4.31 Å². The molecule has 0 aliphatic carbocycles. The molecular weight excluding hydrogens is 268 g/mol. The Kier molecular flexibility index (Phi) is 3.89. The van der Waals surface area contributed by atoms with Gasteiger partial charge in [-0.3, -0.25) is 0 Å². The molecule has 0 amide bonds. The lowest BCUT2D eigenvalue weighted by Gasteiger charge is -2.30. The van der Waals surface area contributed by atoms with Gasteiger partial charge < -0.3 is 5.73 Å². The Morgan fingerprint density at radius 1 is 1.44 bits per heavy atom. The number of aryl methyl sites for hydroxylation is 1. The number of nitrogens with two attached hydrogens (primary N) is 1. The first-order valence-electron chi connectivity index (χ1n) is 5.89. The molecule has 4 nitrogen and oxygen atoms in total. The molecule has 0 saturated carbocycles. The summed E-state index contributed by atoms with van der Waals surface area (Å²) in [6.45, 7) is 5.00. The van der Waals surface area contributed by atoms with E-state index in [9.17, 15) is 8.42 Å². The number of nitrogens with zero attached hydrogens (tertiary/aromatic N) is 1. The number of benzene rings is 1. The molecule has 0 aromatic heterocycles. The normalized spacial score (nSPS) is 22.0. The van der Waals surface area contributed by atoms with Crippen LogP contribution in [0.25, 0.3) is 0 Å². The molecule has 0 bridgehead atoms. The van der Waals surface area contributed by atoms with Crippen molar-refractivity contribution in [3.05, 3.63) is 23.8 Å². The Hall–Kier alpha value is -0.720. The number of hydrogen-bond acceptors (Lipinski definition) is 4. The quantitative estimate of drug-likeness (QED) is 0.841. The smallest absolute Gasteiger partial charge is 0.243 e. The lowest BCUT2D eigenvalue weighted by Crippen LogP contribution is -2.41. The van der Waals surface area contributed by atoms with Crippen LogP contribution in [0.4, 0.5) is 5.69 Å². The first-order chi connectivity index (χ1) is 8.41. The molecule has 1 aliphatic rings. The van der Waals surface area contributed by atoms with E-state index < -0.39 is 10.0 Å². The first kappa shape index (κ1) is 13.7. The lowest BCUT2D eigenvalue weighted by molar-refractivity contribution is 0.424. The van der Waals surface area contributed by atoms with E-state index in [4.69, 9.17) is 5.73 Å². The summed E-state index contributed by atoms with van der Waals surface area (Å²) in [5.74, 6) is 0.849. The van der Waals surface area contributed by atoms with E-state index in [2.05, 4.69) is 6.92 Å². The van der Waals surface area contributed by atoms with E-state index in [1.165, 1.54) is 0 Å². The third-order valence-corrected chi connectivity index (χ3v) is 6.18. The maximum absolute atomic E-state index is 12.6. The minimum absolute atomic E-state index is 0.335. The molecule has 2 N–H and O–H groups in total. The fourth-order valence-corrected chi connectivity index (χ4v) is 5.05. The van der Waals surface area contributed by atoms with Crippen LogP contribution < -0.4 is 5.73 Å².